The molecule has 1 saturated heterocycles. The maximum absolute atomic E-state index is 13.6. The Morgan fingerprint density at radius 3 is 2.70 bits per heavy atom. The van der Waals surface area contributed by atoms with Crippen LogP contribution in [0.5, 0.6) is 0 Å². The van der Waals surface area contributed by atoms with Gasteiger partial charge in [-0.25, -0.2) is 4.39 Å². The number of hydrogen-bond acceptors (Lipinski definition) is 5. The average molecular weight is 368 g/mol. The van der Waals surface area contributed by atoms with Crippen LogP contribution in [0.4, 0.5) is 15.9 Å². The van der Waals surface area contributed by atoms with Gasteiger partial charge in [-0.2, -0.15) is 4.52 Å². The quantitative estimate of drug-likeness (QED) is 0.749. The number of aryl methyl sites for hydroxylation is 1. The van der Waals surface area contributed by atoms with Crippen molar-refractivity contribution in [3.8, 4) is 0 Å². The van der Waals surface area contributed by atoms with Gasteiger partial charge in [0.05, 0.1) is 5.69 Å². The fourth-order valence-corrected chi connectivity index (χ4v) is 3.27. The number of benzene rings is 1. The van der Waals surface area contributed by atoms with Crippen molar-refractivity contribution < 1.29 is 9.18 Å². The van der Waals surface area contributed by atoms with E-state index >= 15 is 0 Å². The van der Waals surface area contributed by atoms with Crippen LogP contribution >= 0.6 is 0 Å². The maximum atomic E-state index is 13.6. The molecule has 4 rings (SSSR count). The molecule has 140 valence electrons. The SMILES string of the molecule is O=C(CCc1nnc2ccc(N3CCCCC3)nn12)Nc1ccccc1F. The minimum absolute atomic E-state index is 0.171. The molecule has 3 aromatic rings. The first-order chi connectivity index (χ1) is 13.2. The van der Waals surface area contributed by atoms with Gasteiger partial charge in [-0.05, 0) is 43.5 Å². The maximum Gasteiger partial charge on any atom is 0.224 e. The van der Waals surface area contributed by atoms with E-state index in [1.165, 1.54) is 31.4 Å². The van der Waals surface area contributed by atoms with E-state index in [0.717, 1.165) is 18.9 Å². The van der Waals surface area contributed by atoms with Gasteiger partial charge in [0, 0.05) is 25.9 Å². The van der Waals surface area contributed by atoms with E-state index < -0.39 is 5.82 Å². The normalized spacial score (nSPS) is 14.5. The zero-order valence-corrected chi connectivity index (χ0v) is 14.9. The van der Waals surface area contributed by atoms with Crippen LogP contribution in [0.2, 0.25) is 0 Å². The van der Waals surface area contributed by atoms with Gasteiger partial charge in [0.2, 0.25) is 5.91 Å². The van der Waals surface area contributed by atoms with Crippen molar-refractivity contribution in [2.45, 2.75) is 32.1 Å². The molecule has 1 aliphatic rings. The minimum atomic E-state index is -0.452. The fraction of sp³-hybridized carbons (Fsp3) is 0.368. The largest absolute Gasteiger partial charge is 0.355 e. The zero-order chi connectivity index (χ0) is 18.6. The van der Waals surface area contributed by atoms with Crippen LogP contribution in [0, 0.1) is 5.82 Å². The van der Waals surface area contributed by atoms with Gasteiger partial charge in [0.25, 0.3) is 0 Å². The Morgan fingerprint density at radius 1 is 1.07 bits per heavy atom. The summed E-state index contributed by atoms with van der Waals surface area (Å²) in [5.74, 6) is 0.794. The van der Waals surface area contributed by atoms with Crippen molar-refractivity contribution >= 4 is 23.1 Å². The number of nitrogens with zero attached hydrogens (tertiary/aromatic N) is 5. The van der Waals surface area contributed by atoms with E-state index in [4.69, 9.17) is 0 Å². The highest BCUT2D eigenvalue weighted by Crippen LogP contribution is 2.18. The number of anilines is 2. The lowest BCUT2D eigenvalue weighted by Crippen LogP contribution is -2.30. The highest BCUT2D eigenvalue weighted by atomic mass is 19.1. The number of halogens is 1. The van der Waals surface area contributed by atoms with E-state index in [2.05, 4.69) is 25.5 Å². The summed E-state index contributed by atoms with van der Waals surface area (Å²) >= 11 is 0. The molecule has 8 heteroatoms. The molecular weight excluding hydrogens is 347 g/mol. The monoisotopic (exact) mass is 368 g/mol. The third-order valence-corrected chi connectivity index (χ3v) is 4.72. The highest BCUT2D eigenvalue weighted by Gasteiger charge is 2.15. The number of hydrogen-bond donors (Lipinski definition) is 1. The summed E-state index contributed by atoms with van der Waals surface area (Å²) in [5.41, 5.74) is 0.833. The molecule has 1 fully saturated rings. The standard InChI is InChI=1S/C19H21FN6O/c20-14-6-2-3-7-15(14)21-19(27)11-10-17-23-22-16-8-9-18(24-26(16)17)25-12-4-1-5-13-25/h2-3,6-9H,1,4-5,10-13H2,(H,21,27). The molecule has 0 aliphatic carbocycles. The first kappa shape index (κ1) is 17.4. The average Bonchev–Trinajstić information content (AvgIpc) is 3.11. The summed E-state index contributed by atoms with van der Waals surface area (Å²) in [6.45, 7) is 2.00. The third kappa shape index (κ3) is 3.89. The second kappa shape index (κ2) is 7.69. The van der Waals surface area contributed by atoms with E-state index in [9.17, 15) is 9.18 Å². The third-order valence-electron chi connectivity index (χ3n) is 4.72. The van der Waals surface area contributed by atoms with Gasteiger partial charge in [-0.1, -0.05) is 12.1 Å². The molecule has 0 spiro atoms. The van der Waals surface area contributed by atoms with E-state index in [-0.39, 0.29) is 18.0 Å². The van der Waals surface area contributed by atoms with E-state index in [1.54, 1.807) is 16.6 Å². The van der Waals surface area contributed by atoms with Crippen molar-refractivity contribution in [1.82, 2.24) is 19.8 Å². The van der Waals surface area contributed by atoms with Crippen LogP contribution < -0.4 is 10.2 Å². The van der Waals surface area contributed by atoms with Gasteiger partial charge in [0.1, 0.15) is 11.6 Å². The summed E-state index contributed by atoms with van der Waals surface area (Å²) in [6, 6.07) is 9.96. The lowest BCUT2D eigenvalue weighted by molar-refractivity contribution is -0.116. The molecule has 7 nitrogen and oxygen atoms in total. The van der Waals surface area contributed by atoms with Crippen LogP contribution in [0.25, 0.3) is 5.65 Å². The first-order valence-corrected chi connectivity index (χ1v) is 9.21. The molecule has 0 bridgehead atoms. The second-order valence-corrected chi connectivity index (χ2v) is 6.65. The van der Waals surface area contributed by atoms with E-state index in [1.807, 2.05) is 12.1 Å². The lowest BCUT2D eigenvalue weighted by Gasteiger charge is -2.27. The summed E-state index contributed by atoms with van der Waals surface area (Å²) < 4.78 is 15.3. The van der Waals surface area contributed by atoms with Crippen molar-refractivity contribution in [1.29, 1.82) is 0 Å². The zero-order valence-electron chi connectivity index (χ0n) is 14.9. The number of carbonyl (C=O) groups excluding carboxylic acids is 1. The number of fused-ring (bicyclic) bond motifs is 1. The van der Waals surface area contributed by atoms with Crippen LogP contribution in [0.3, 0.4) is 0 Å². The van der Waals surface area contributed by atoms with Gasteiger partial charge in [-0.3, -0.25) is 4.79 Å². The number of nitrogens with one attached hydrogen (secondary N) is 1. The number of carbonyl (C=O) groups is 1. The van der Waals surface area contributed by atoms with Crippen LogP contribution in [0.15, 0.2) is 36.4 Å². The Labute approximate surface area is 156 Å². The van der Waals surface area contributed by atoms with Gasteiger partial charge >= 0.3 is 0 Å². The van der Waals surface area contributed by atoms with E-state index in [0.29, 0.717) is 17.9 Å². The second-order valence-electron chi connectivity index (χ2n) is 6.65. The molecule has 1 aromatic carbocycles. The molecule has 0 atom stereocenters. The fourth-order valence-electron chi connectivity index (χ4n) is 3.27. The van der Waals surface area contributed by atoms with Crippen molar-refractivity contribution in [2.75, 3.05) is 23.3 Å². The Hall–Kier alpha value is -3.03. The number of amides is 1. The Kier molecular flexibility index (Phi) is 4.95. The number of piperidine rings is 1. The summed E-state index contributed by atoms with van der Waals surface area (Å²) in [7, 11) is 0. The van der Waals surface area contributed by atoms with Crippen LogP contribution in [-0.4, -0.2) is 38.8 Å². The molecule has 2 aromatic heterocycles. The Balaban J connectivity index is 1.45. The highest BCUT2D eigenvalue weighted by molar-refractivity contribution is 5.90. The molecule has 1 aliphatic heterocycles. The predicted octanol–water partition coefficient (Wildman–Crippen LogP) is 2.83. The number of rotatable bonds is 5. The van der Waals surface area contributed by atoms with Crippen molar-refractivity contribution in [2.24, 2.45) is 0 Å². The summed E-state index contributed by atoms with van der Waals surface area (Å²) in [6.07, 6.45) is 4.15. The smallest absolute Gasteiger partial charge is 0.224 e. The molecule has 1 amide bonds. The first-order valence-electron chi connectivity index (χ1n) is 9.21. The molecule has 27 heavy (non-hydrogen) atoms. The van der Waals surface area contributed by atoms with Crippen LogP contribution in [-0.2, 0) is 11.2 Å². The van der Waals surface area contributed by atoms with Crippen molar-refractivity contribution in [3.63, 3.8) is 0 Å². The minimum Gasteiger partial charge on any atom is -0.355 e. The molecule has 0 saturated carbocycles. The molecule has 0 unspecified atom stereocenters. The summed E-state index contributed by atoms with van der Waals surface area (Å²) in [5, 5.41) is 15.5. The van der Waals surface area contributed by atoms with Crippen LogP contribution in [0.1, 0.15) is 31.5 Å². The number of para-hydroxylation sites is 1. The molecular formula is C19H21FN6O. The predicted molar refractivity (Wildman–Crippen MR) is 100 cm³/mol. The van der Waals surface area contributed by atoms with Gasteiger partial charge in [-0.15, -0.1) is 15.3 Å². The topological polar surface area (TPSA) is 75.4 Å². The summed E-state index contributed by atoms with van der Waals surface area (Å²) in [4.78, 5) is 14.4. The Morgan fingerprint density at radius 2 is 1.89 bits per heavy atom. The molecule has 3 heterocycles. The Bertz CT molecular complexity index is 950. The number of aromatic nitrogens is 4. The molecule has 0 radical (unpaired) electrons. The molecule has 1 N–H and O–H groups in total. The lowest BCUT2D eigenvalue weighted by atomic mass is 10.1. The van der Waals surface area contributed by atoms with Gasteiger partial charge < -0.3 is 10.2 Å². The van der Waals surface area contributed by atoms with Crippen molar-refractivity contribution in [3.05, 3.63) is 48.0 Å². The van der Waals surface area contributed by atoms with Gasteiger partial charge in [0.15, 0.2) is 11.5 Å².